The van der Waals surface area contributed by atoms with Crippen molar-refractivity contribution in [3.63, 3.8) is 0 Å². The van der Waals surface area contributed by atoms with Crippen LogP contribution in [-0.4, -0.2) is 9.78 Å². The molecule has 0 aromatic carbocycles. The normalized spacial score (nSPS) is 13.3. The molecule has 1 N–H and O–H groups in total. The van der Waals surface area contributed by atoms with Crippen LogP contribution in [0, 0.1) is 0 Å². The topological polar surface area (TPSA) is 37.8 Å². The van der Waals surface area contributed by atoms with E-state index in [1.807, 2.05) is 0 Å². The van der Waals surface area contributed by atoms with E-state index in [9.17, 15) is 4.79 Å². The van der Waals surface area contributed by atoms with E-state index in [1.165, 1.54) is 0 Å². The largest absolute Gasteiger partial charge is 0.299 e. The van der Waals surface area contributed by atoms with Gasteiger partial charge in [0, 0.05) is 23.7 Å². The maximum Gasteiger partial charge on any atom is 0.270 e. The zero-order valence-electron chi connectivity index (χ0n) is 10.9. The average molecular weight is 210 g/mol. The minimum Gasteiger partial charge on any atom is -0.299 e. The average Bonchev–Trinajstić information content (AvgIpc) is 2.25. The van der Waals surface area contributed by atoms with E-state index >= 15 is 0 Å². The highest BCUT2D eigenvalue weighted by molar-refractivity contribution is 5.30. The molecular formula is C12H22N2O. The number of rotatable bonds is 0. The first kappa shape index (κ1) is 12.1. The van der Waals surface area contributed by atoms with Crippen molar-refractivity contribution in [2.24, 2.45) is 7.05 Å². The summed E-state index contributed by atoms with van der Waals surface area (Å²) in [6, 6.07) is 0. The van der Waals surface area contributed by atoms with Crippen LogP contribution in [0.4, 0.5) is 0 Å². The number of nitrogens with one attached hydrogen (secondary N) is 1. The molecule has 3 nitrogen and oxygen atoms in total. The Kier molecular flexibility index (Phi) is 2.62. The van der Waals surface area contributed by atoms with Crippen molar-refractivity contribution in [1.29, 1.82) is 0 Å². The second-order valence-corrected chi connectivity index (χ2v) is 6.23. The number of aryl methyl sites for hydroxylation is 1. The van der Waals surface area contributed by atoms with Gasteiger partial charge in [-0.15, -0.1) is 0 Å². The van der Waals surface area contributed by atoms with E-state index in [-0.39, 0.29) is 16.4 Å². The van der Waals surface area contributed by atoms with Crippen LogP contribution in [0.15, 0.2) is 4.79 Å². The van der Waals surface area contributed by atoms with Gasteiger partial charge >= 0.3 is 0 Å². The van der Waals surface area contributed by atoms with Crippen LogP contribution in [0.2, 0.25) is 0 Å². The number of H-pyrrole nitrogens is 1. The minimum atomic E-state index is -0.114. The lowest BCUT2D eigenvalue weighted by Gasteiger charge is -2.24. The Morgan fingerprint density at radius 1 is 1.00 bits per heavy atom. The Morgan fingerprint density at radius 3 is 1.73 bits per heavy atom. The third-order valence-electron chi connectivity index (χ3n) is 2.55. The third kappa shape index (κ3) is 2.16. The van der Waals surface area contributed by atoms with Crippen molar-refractivity contribution in [2.75, 3.05) is 0 Å². The van der Waals surface area contributed by atoms with Crippen LogP contribution in [0.3, 0.4) is 0 Å². The lowest BCUT2D eigenvalue weighted by Crippen LogP contribution is -2.27. The van der Waals surface area contributed by atoms with E-state index < -0.39 is 0 Å². The molecule has 0 spiro atoms. The molecule has 0 fully saturated rings. The first-order valence-corrected chi connectivity index (χ1v) is 5.35. The summed E-state index contributed by atoms with van der Waals surface area (Å²) in [6.45, 7) is 12.6. The van der Waals surface area contributed by atoms with Crippen LogP contribution in [0.1, 0.15) is 52.8 Å². The maximum absolute atomic E-state index is 12.0. The van der Waals surface area contributed by atoms with Gasteiger partial charge in [0.15, 0.2) is 0 Å². The Morgan fingerprint density at radius 2 is 1.47 bits per heavy atom. The molecule has 86 valence electrons. The molecule has 0 amide bonds. The number of nitrogens with zero attached hydrogens (tertiary/aromatic N) is 1. The number of hydrogen-bond acceptors (Lipinski definition) is 1. The van der Waals surface area contributed by atoms with Crippen LogP contribution >= 0.6 is 0 Å². The van der Waals surface area contributed by atoms with Crippen molar-refractivity contribution in [2.45, 2.75) is 52.4 Å². The van der Waals surface area contributed by atoms with Crippen molar-refractivity contribution in [3.8, 4) is 0 Å². The predicted molar refractivity (Wildman–Crippen MR) is 63.4 cm³/mol. The summed E-state index contributed by atoms with van der Waals surface area (Å²) in [5, 5.41) is 3.16. The Hall–Kier alpha value is -0.990. The molecule has 0 bridgehead atoms. The molecule has 1 aromatic heterocycles. The van der Waals surface area contributed by atoms with E-state index in [4.69, 9.17) is 0 Å². The van der Waals surface area contributed by atoms with Gasteiger partial charge in [0.05, 0.1) is 0 Å². The quantitative estimate of drug-likeness (QED) is 0.701. The summed E-state index contributed by atoms with van der Waals surface area (Å²) in [7, 11) is 1.77. The van der Waals surface area contributed by atoms with Gasteiger partial charge in [-0.2, -0.15) is 0 Å². The summed E-state index contributed by atoms with van der Waals surface area (Å²) < 4.78 is 1.57. The van der Waals surface area contributed by atoms with E-state index in [0.29, 0.717) is 0 Å². The number of hydrogen-bond donors (Lipinski definition) is 1. The summed E-state index contributed by atoms with van der Waals surface area (Å²) in [4.78, 5) is 12.0. The maximum atomic E-state index is 12.0. The molecule has 0 unspecified atom stereocenters. The first-order valence-electron chi connectivity index (χ1n) is 5.35. The zero-order valence-corrected chi connectivity index (χ0v) is 10.9. The Labute approximate surface area is 91.5 Å². The second kappa shape index (κ2) is 3.26. The van der Waals surface area contributed by atoms with Crippen molar-refractivity contribution in [1.82, 2.24) is 9.78 Å². The molecule has 0 aliphatic heterocycles. The zero-order chi connectivity index (χ0) is 12.0. The van der Waals surface area contributed by atoms with E-state index in [0.717, 1.165) is 11.3 Å². The monoisotopic (exact) mass is 210 g/mol. The summed E-state index contributed by atoms with van der Waals surface area (Å²) in [5.74, 6) is 0. The molecule has 15 heavy (non-hydrogen) atoms. The molecule has 1 heterocycles. The number of aromatic amines is 1. The number of aromatic nitrogens is 2. The van der Waals surface area contributed by atoms with Gasteiger partial charge in [0.2, 0.25) is 0 Å². The first-order chi connectivity index (χ1) is 6.55. The molecule has 3 heteroatoms. The lowest BCUT2D eigenvalue weighted by atomic mass is 9.80. The smallest absolute Gasteiger partial charge is 0.270 e. The lowest BCUT2D eigenvalue weighted by molar-refractivity contribution is 0.516. The second-order valence-electron chi connectivity index (χ2n) is 6.23. The van der Waals surface area contributed by atoms with Crippen LogP contribution < -0.4 is 5.56 Å². The van der Waals surface area contributed by atoms with Crippen LogP contribution in [0.5, 0.6) is 0 Å². The fourth-order valence-corrected chi connectivity index (χ4v) is 1.79. The van der Waals surface area contributed by atoms with Crippen molar-refractivity contribution < 1.29 is 0 Å². The van der Waals surface area contributed by atoms with Gasteiger partial charge < -0.3 is 0 Å². The van der Waals surface area contributed by atoms with Crippen molar-refractivity contribution >= 4 is 0 Å². The van der Waals surface area contributed by atoms with Gasteiger partial charge in [-0.25, -0.2) is 0 Å². The molecule has 0 saturated heterocycles. The standard InChI is InChI=1S/C12H22N2O/c1-11(2,3)8-9(12(4,5)6)13-14(7)10(8)15/h13H,1-7H3. The summed E-state index contributed by atoms with van der Waals surface area (Å²) in [5.41, 5.74) is 1.90. The fraction of sp³-hybridized carbons (Fsp3) is 0.750. The Balaban J connectivity index is 3.56. The van der Waals surface area contributed by atoms with E-state index in [1.54, 1.807) is 11.7 Å². The van der Waals surface area contributed by atoms with Crippen LogP contribution in [-0.2, 0) is 17.9 Å². The molecule has 0 radical (unpaired) electrons. The van der Waals surface area contributed by atoms with E-state index in [2.05, 4.69) is 46.6 Å². The molecule has 0 aliphatic rings. The van der Waals surface area contributed by atoms with Gasteiger partial charge in [0.1, 0.15) is 0 Å². The summed E-state index contributed by atoms with van der Waals surface area (Å²) in [6.07, 6.45) is 0. The van der Waals surface area contributed by atoms with Gasteiger partial charge in [0.25, 0.3) is 5.56 Å². The molecule has 0 aliphatic carbocycles. The highest BCUT2D eigenvalue weighted by Gasteiger charge is 2.30. The highest BCUT2D eigenvalue weighted by Crippen LogP contribution is 2.29. The molecule has 1 aromatic rings. The minimum absolute atomic E-state index is 0.0248. The molecule has 0 atom stereocenters. The SMILES string of the molecule is Cn1[nH]c(C(C)(C)C)c(C(C)(C)C)c1=O. The molecule has 0 saturated carbocycles. The highest BCUT2D eigenvalue weighted by atomic mass is 16.1. The third-order valence-corrected chi connectivity index (χ3v) is 2.55. The van der Waals surface area contributed by atoms with Crippen LogP contribution in [0.25, 0.3) is 0 Å². The van der Waals surface area contributed by atoms with Gasteiger partial charge in [-0.1, -0.05) is 41.5 Å². The molecular weight excluding hydrogens is 188 g/mol. The van der Waals surface area contributed by atoms with Gasteiger partial charge in [-0.3, -0.25) is 14.6 Å². The molecule has 1 rings (SSSR count). The Bertz CT molecular complexity index is 410. The fourth-order valence-electron chi connectivity index (χ4n) is 1.79. The predicted octanol–water partition coefficient (Wildman–Crippen LogP) is 2.31. The van der Waals surface area contributed by atoms with Gasteiger partial charge in [-0.05, 0) is 5.41 Å². The summed E-state index contributed by atoms with van der Waals surface area (Å²) >= 11 is 0. The van der Waals surface area contributed by atoms with Crippen molar-refractivity contribution in [3.05, 3.63) is 21.6 Å².